The van der Waals surface area contributed by atoms with Gasteiger partial charge in [0.2, 0.25) is 0 Å². The number of hydrogen-bond donors (Lipinski definition) is 1. The molecule has 0 saturated heterocycles. The predicted molar refractivity (Wildman–Crippen MR) is 77.2 cm³/mol. The van der Waals surface area contributed by atoms with Crippen LogP contribution in [0.2, 0.25) is 0 Å². The third-order valence-corrected chi connectivity index (χ3v) is 3.41. The van der Waals surface area contributed by atoms with Crippen LogP contribution in [0.1, 0.15) is 37.1 Å². The van der Waals surface area contributed by atoms with E-state index in [4.69, 9.17) is 5.73 Å². The Hall–Kier alpha value is -1.81. The summed E-state index contributed by atoms with van der Waals surface area (Å²) in [5, 5.41) is 0. The van der Waals surface area contributed by atoms with Gasteiger partial charge in [-0.2, -0.15) is 0 Å². The maximum absolute atomic E-state index is 12.1. The molecule has 1 atom stereocenters. The summed E-state index contributed by atoms with van der Waals surface area (Å²) in [5.41, 5.74) is 8.46. The van der Waals surface area contributed by atoms with Crippen molar-refractivity contribution in [2.75, 3.05) is 0 Å². The lowest BCUT2D eigenvalue weighted by Gasteiger charge is -2.15. The summed E-state index contributed by atoms with van der Waals surface area (Å²) in [4.78, 5) is 12.1. The zero-order chi connectivity index (χ0) is 14.0. The van der Waals surface area contributed by atoms with Crippen LogP contribution in [0.5, 0.6) is 0 Å². The van der Waals surface area contributed by atoms with Gasteiger partial charge in [0.05, 0.1) is 0 Å². The first-order valence-corrected chi connectivity index (χ1v) is 6.59. The summed E-state index contributed by atoms with van der Waals surface area (Å²) >= 11 is 0. The molecule has 1 heterocycles. The van der Waals surface area contributed by atoms with Crippen molar-refractivity contribution in [3.8, 4) is 0 Å². The van der Waals surface area contributed by atoms with E-state index in [9.17, 15) is 4.79 Å². The van der Waals surface area contributed by atoms with Crippen LogP contribution >= 0.6 is 0 Å². The van der Waals surface area contributed by atoms with Crippen molar-refractivity contribution in [2.24, 2.45) is 5.73 Å². The Morgan fingerprint density at radius 2 is 1.89 bits per heavy atom. The minimum atomic E-state index is -0.165. The average molecular weight is 259 g/mol. The van der Waals surface area contributed by atoms with Crippen LogP contribution in [0.15, 0.2) is 41.5 Å². The van der Waals surface area contributed by atoms with Gasteiger partial charge in [0, 0.05) is 31.0 Å². The molecular formula is C15H21N3O. The summed E-state index contributed by atoms with van der Waals surface area (Å²) < 4.78 is 3.39. The Bertz CT molecular complexity index is 610. The molecule has 0 bridgehead atoms. The lowest BCUT2D eigenvalue weighted by Crippen LogP contribution is -2.29. The smallest absolute Gasteiger partial charge is 0.322 e. The largest absolute Gasteiger partial charge is 0.328 e. The molecule has 1 aromatic carbocycles. The van der Waals surface area contributed by atoms with Gasteiger partial charge < -0.3 is 5.73 Å². The Kier molecular flexibility index (Phi) is 3.90. The van der Waals surface area contributed by atoms with Crippen LogP contribution in [0.4, 0.5) is 0 Å². The van der Waals surface area contributed by atoms with Gasteiger partial charge in [0.15, 0.2) is 0 Å². The summed E-state index contributed by atoms with van der Waals surface area (Å²) in [6.07, 6.45) is 3.62. The van der Waals surface area contributed by atoms with E-state index in [0.717, 1.165) is 11.1 Å². The summed E-state index contributed by atoms with van der Waals surface area (Å²) in [6, 6.07) is 8.03. The molecule has 0 aliphatic heterocycles. The second-order valence-electron chi connectivity index (χ2n) is 5.20. The van der Waals surface area contributed by atoms with Crippen LogP contribution in [0.25, 0.3) is 0 Å². The van der Waals surface area contributed by atoms with Crippen molar-refractivity contribution in [1.82, 2.24) is 9.13 Å². The van der Waals surface area contributed by atoms with Crippen molar-refractivity contribution in [3.05, 3.63) is 58.3 Å². The highest BCUT2D eigenvalue weighted by atomic mass is 16.1. The highest BCUT2D eigenvalue weighted by Crippen LogP contribution is 2.16. The first-order valence-electron chi connectivity index (χ1n) is 6.59. The lowest BCUT2D eigenvalue weighted by molar-refractivity contribution is 0.519. The normalized spacial score (nSPS) is 12.9. The fourth-order valence-electron chi connectivity index (χ4n) is 2.27. The van der Waals surface area contributed by atoms with Crippen LogP contribution in [0, 0.1) is 6.92 Å². The number of imidazole rings is 1. The molecule has 1 unspecified atom stereocenters. The Morgan fingerprint density at radius 3 is 2.47 bits per heavy atom. The number of aromatic nitrogens is 2. The summed E-state index contributed by atoms with van der Waals surface area (Å²) in [7, 11) is 0. The standard InChI is InChI=1S/C15H21N3O/c1-11(2)18-9-8-17(15(18)19)10-14(16)13-7-5-4-6-12(13)3/h4-9,11,14H,10,16H2,1-3H3. The van der Waals surface area contributed by atoms with Crippen LogP contribution in [0.3, 0.4) is 0 Å². The van der Waals surface area contributed by atoms with Gasteiger partial charge in [-0.1, -0.05) is 24.3 Å². The third kappa shape index (κ3) is 2.79. The maximum Gasteiger partial charge on any atom is 0.328 e. The van der Waals surface area contributed by atoms with Crippen molar-refractivity contribution < 1.29 is 0 Å². The topological polar surface area (TPSA) is 52.9 Å². The van der Waals surface area contributed by atoms with E-state index in [1.165, 1.54) is 0 Å². The van der Waals surface area contributed by atoms with E-state index in [-0.39, 0.29) is 17.8 Å². The number of nitrogens with two attached hydrogens (primary N) is 1. The van der Waals surface area contributed by atoms with Gasteiger partial charge in [0.1, 0.15) is 0 Å². The predicted octanol–water partition coefficient (Wildman–Crippen LogP) is 2.24. The molecule has 0 fully saturated rings. The van der Waals surface area contributed by atoms with E-state index in [1.807, 2.05) is 51.2 Å². The first kappa shape index (κ1) is 13.6. The highest BCUT2D eigenvalue weighted by molar-refractivity contribution is 5.28. The van der Waals surface area contributed by atoms with Crippen LogP contribution in [-0.2, 0) is 6.54 Å². The minimum absolute atomic E-state index is 0.000894. The number of nitrogens with zero attached hydrogens (tertiary/aromatic N) is 2. The molecule has 0 saturated carbocycles. The van der Waals surface area contributed by atoms with Crippen molar-refractivity contribution in [1.29, 1.82) is 0 Å². The molecule has 4 nitrogen and oxygen atoms in total. The number of aryl methyl sites for hydroxylation is 1. The molecule has 2 N–H and O–H groups in total. The molecular weight excluding hydrogens is 238 g/mol. The lowest BCUT2D eigenvalue weighted by atomic mass is 10.0. The summed E-state index contributed by atoms with van der Waals surface area (Å²) in [5.74, 6) is 0. The van der Waals surface area contributed by atoms with Crippen LogP contribution in [-0.4, -0.2) is 9.13 Å². The minimum Gasteiger partial charge on any atom is -0.322 e. The zero-order valence-electron chi connectivity index (χ0n) is 11.7. The van der Waals surface area contributed by atoms with Gasteiger partial charge in [-0.25, -0.2) is 4.79 Å². The summed E-state index contributed by atoms with van der Waals surface area (Å²) in [6.45, 7) is 6.53. The van der Waals surface area contributed by atoms with E-state index >= 15 is 0 Å². The molecule has 0 amide bonds. The molecule has 0 radical (unpaired) electrons. The molecule has 2 rings (SSSR count). The Morgan fingerprint density at radius 1 is 1.21 bits per heavy atom. The second-order valence-corrected chi connectivity index (χ2v) is 5.20. The Labute approximate surface area is 113 Å². The van der Waals surface area contributed by atoms with Crippen molar-refractivity contribution in [2.45, 2.75) is 39.4 Å². The number of benzene rings is 1. The van der Waals surface area contributed by atoms with E-state index in [1.54, 1.807) is 15.3 Å². The fourth-order valence-corrected chi connectivity index (χ4v) is 2.27. The molecule has 0 aliphatic rings. The van der Waals surface area contributed by atoms with Gasteiger partial charge in [-0.05, 0) is 31.9 Å². The molecule has 102 valence electrons. The maximum atomic E-state index is 12.1. The number of hydrogen-bond acceptors (Lipinski definition) is 2. The van der Waals surface area contributed by atoms with E-state index in [0.29, 0.717) is 6.54 Å². The number of rotatable bonds is 4. The average Bonchev–Trinajstić information content (AvgIpc) is 2.71. The zero-order valence-corrected chi connectivity index (χ0v) is 11.7. The fraction of sp³-hybridized carbons (Fsp3) is 0.400. The Balaban J connectivity index is 2.23. The van der Waals surface area contributed by atoms with Crippen molar-refractivity contribution >= 4 is 0 Å². The third-order valence-electron chi connectivity index (χ3n) is 3.41. The van der Waals surface area contributed by atoms with Crippen molar-refractivity contribution in [3.63, 3.8) is 0 Å². The monoisotopic (exact) mass is 259 g/mol. The molecule has 4 heteroatoms. The molecule has 2 aromatic rings. The highest BCUT2D eigenvalue weighted by Gasteiger charge is 2.12. The SMILES string of the molecule is Cc1ccccc1C(N)Cn1ccn(C(C)C)c1=O. The van der Waals surface area contributed by atoms with E-state index < -0.39 is 0 Å². The van der Waals surface area contributed by atoms with E-state index in [2.05, 4.69) is 0 Å². The molecule has 1 aromatic heterocycles. The molecule has 19 heavy (non-hydrogen) atoms. The van der Waals surface area contributed by atoms with Gasteiger partial charge in [-0.3, -0.25) is 9.13 Å². The molecule has 0 spiro atoms. The van der Waals surface area contributed by atoms with Gasteiger partial charge >= 0.3 is 5.69 Å². The van der Waals surface area contributed by atoms with Crippen LogP contribution < -0.4 is 11.4 Å². The molecule has 0 aliphatic carbocycles. The van der Waals surface area contributed by atoms with Gasteiger partial charge in [-0.15, -0.1) is 0 Å². The second kappa shape index (κ2) is 5.45. The van der Waals surface area contributed by atoms with Gasteiger partial charge in [0.25, 0.3) is 0 Å². The first-order chi connectivity index (χ1) is 9.00. The quantitative estimate of drug-likeness (QED) is 0.915.